The molecule has 0 aliphatic rings. The summed E-state index contributed by atoms with van der Waals surface area (Å²) in [6.07, 6.45) is 0. The summed E-state index contributed by atoms with van der Waals surface area (Å²) >= 11 is 0. The zero-order chi connectivity index (χ0) is 14.0. The van der Waals surface area contributed by atoms with E-state index in [9.17, 15) is 13.9 Å². The maximum atomic E-state index is 13.3. The number of benzene rings is 2. The zero-order valence-electron chi connectivity index (χ0n) is 10.7. The highest BCUT2D eigenvalue weighted by atomic mass is 19.2. The standard InChI is InChI=1S/C15H14F2O2/c1-15(18,10-7-8-12(16)13(17)9-10)11-5-3-4-6-14(11)19-2/h3-9,18H,1-2H3. The van der Waals surface area contributed by atoms with Crippen LogP contribution in [0.3, 0.4) is 0 Å². The first kappa shape index (κ1) is 13.5. The van der Waals surface area contributed by atoms with E-state index in [0.29, 0.717) is 11.3 Å². The summed E-state index contributed by atoms with van der Waals surface area (Å²) in [5.41, 5.74) is -0.722. The average Bonchev–Trinajstić information content (AvgIpc) is 2.41. The Morgan fingerprint density at radius 1 is 1.05 bits per heavy atom. The zero-order valence-corrected chi connectivity index (χ0v) is 10.7. The lowest BCUT2D eigenvalue weighted by Crippen LogP contribution is -2.23. The number of halogens is 2. The van der Waals surface area contributed by atoms with Gasteiger partial charge in [0.25, 0.3) is 0 Å². The van der Waals surface area contributed by atoms with Crippen LogP contribution in [0.1, 0.15) is 18.1 Å². The summed E-state index contributed by atoms with van der Waals surface area (Å²) in [6.45, 7) is 1.51. The van der Waals surface area contributed by atoms with Crippen LogP contribution in [0.2, 0.25) is 0 Å². The van der Waals surface area contributed by atoms with Gasteiger partial charge in [0.2, 0.25) is 0 Å². The van der Waals surface area contributed by atoms with E-state index >= 15 is 0 Å². The first-order chi connectivity index (χ1) is 8.96. The monoisotopic (exact) mass is 264 g/mol. The van der Waals surface area contributed by atoms with Crippen LogP contribution in [-0.4, -0.2) is 12.2 Å². The number of para-hydroxylation sites is 1. The van der Waals surface area contributed by atoms with Gasteiger partial charge in [-0.1, -0.05) is 24.3 Å². The number of hydrogen-bond acceptors (Lipinski definition) is 2. The van der Waals surface area contributed by atoms with Gasteiger partial charge >= 0.3 is 0 Å². The van der Waals surface area contributed by atoms with E-state index in [1.165, 1.54) is 20.1 Å². The highest BCUT2D eigenvalue weighted by Crippen LogP contribution is 2.35. The lowest BCUT2D eigenvalue weighted by molar-refractivity contribution is 0.0984. The van der Waals surface area contributed by atoms with E-state index in [-0.39, 0.29) is 5.56 Å². The Bertz CT molecular complexity index is 594. The fourth-order valence-electron chi connectivity index (χ4n) is 2.00. The molecule has 2 aromatic rings. The lowest BCUT2D eigenvalue weighted by Gasteiger charge is -2.26. The predicted octanol–water partition coefficient (Wildman–Crippen LogP) is 3.23. The highest BCUT2D eigenvalue weighted by Gasteiger charge is 2.29. The maximum absolute atomic E-state index is 13.3. The Balaban J connectivity index is 2.54. The minimum atomic E-state index is -1.47. The van der Waals surface area contributed by atoms with E-state index in [4.69, 9.17) is 4.74 Å². The Morgan fingerprint density at radius 3 is 2.37 bits per heavy atom. The summed E-state index contributed by atoms with van der Waals surface area (Å²) in [7, 11) is 1.49. The quantitative estimate of drug-likeness (QED) is 0.922. The molecule has 0 saturated carbocycles. The summed E-state index contributed by atoms with van der Waals surface area (Å²) in [5.74, 6) is -1.45. The van der Waals surface area contributed by atoms with Gasteiger partial charge in [-0.15, -0.1) is 0 Å². The minimum Gasteiger partial charge on any atom is -0.496 e. The number of ether oxygens (including phenoxy) is 1. The van der Waals surface area contributed by atoms with Gasteiger partial charge in [-0.2, -0.15) is 0 Å². The van der Waals surface area contributed by atoms with Crippen molar-refractivity contribution in [2.45, 2.75) is 12.5 Å². The second-order valence-electron chi connectivity index (χ2n) is 4.40. The molecule has 0 spiro atoms. The molecule has 1 N–H and O–H groups in total. The van der Waals surface area contributed by atoms with Crippen LogP contribution < -0.4 is 4.74 Å². The van der Waals surface area contributed by atoms with E-state index in [2.05, 4.69) is 0 Å². The molecule has 2 aromatic carbocycles. The van der Waals surface area contributed by atoms with Crippen LogP contribution in [0.5, 0.6) is 5.75 Å². The molecule has 0 amide bonds. The van der Waals surface area contributed by atoms with Gasteiger partial charge in [0, 0.05) is 5.56 Å². The molecule has 2 nitrogen and oxygen atoms in total. The smallest absolute Gasteiger partial charge is 0.159 e. The molecule has 0 saturated heterocycles. The molecule has 1 unspecified atom stereocenters. The van der Waals surface area contributed by atoms with Crippen molar-refractivity contribution >= 4 is 0 Å². The molecule has 19 heavy (non-hydrogen) atoms. The second-order valence-corrected chi connectivity index (χ2v) is 4.40. The molecular formula is C15H14F2O2. The van der Waals surface area contributed by atoms with Crippen LogP contribution in [0.15, 0.2) is 42.5 Å². The van der Waals surface area contributed by atoms with Crippen LogP contribution in [-0.2, 0) is 5.60 Å². The number of methoxy groups -OCH3 is 1. The average molecular weight is 264 g/mol. The topological polar surface area (TPSA) is 29.5 Å². The van der Waals surface area contributed by atoms with Gasteiger partial charge in [-0.05, 0) is 30.7 Å². The Kier molecular flexibility index (Phi) is 3.53. The van der Waals surface area contributed by atoms with Gasteiger partial charge < -0.3 is 9.84 Å². The third-order valence-electron chi connectivity index (χ3n) is 3.11. The van der Waals surface area contributed by atoms with Gasteiger partial charge in [-0.3, -0.25) is 0 Å². The number of aliphatic hydroxyl groups is 1. The van der Waals surface area contributed by atoms with E-state index < -0.39 is 17.2 Å². The van der Waals surface area contributed by atoms with Crippen LogP contribution in [0, 0.1) is 11.6 Å². The largest absolute Gasteiger partial charge is 0.496 e. The summed E-state index contributed by atoms with van der Waals surface area (Å²) in [6, 6.07) is 10.2. The highest BCUT2D eigenvalue weighted by molar-refractivity contribution is 5.44. The fourth-order valence-corrected chi connectivity index (χ4v) is 2.00. The molecule has 2 rings (SSSR count). The molecule has 100 valence electrons. The molecule has 1 atom stereocenters. The third-order valence-corrected chi connectivity index (χ3v) is 3.11. The first-order valence-corrected chi connectivity index (χ1v) is 5.78. The third kappa shape index (κ3) is 2.44. The number of hydrogen-bond donors (Lipinski definition) is 1. The lowest BCUT2D eigenvalue weighted by atomic mass is 9.87. The molecule has 0 aliphatic carbocycles. The van der Waals surface area contributed by atoms with Crippen molar-refractivity contribution in [3.63, 3.8) is 0 Å². The molecule has 0 aromatic heterocycles. The normalized spacial score (nSPS) is 13.9. The number of rotatable bonds is 3. The van der Waals surface area contributed by atoms with E-state index in [1.54, 1.807) is 24.3 Å². The van der Waals surface area contributed by atoms with E-state index in [1.807, 2.05) is 0 Å². The van der Waals surface area contributed by atoms with Crippen LogP contribution in [0.4, 0.5) is 8.78 Å². The molecule has 4 heteroatoms. The van der Waals surface area contributed by atoms with Crippen molar-refractivity contribution in [3.05, 3.63) is 65.2 Å². The van der Waals surface area contributed by atoms with Crippen LogP contribution in [0.25, 0.3) is 0 Å². The van der Waals surface area contributed by atoms with Crippen molar-refractivity contribution in [2.24, 2.45) is 0 Å². The SMILES string of the molecule is COc1ccccc1C(C)(O)c1ccc(F)c(F)c1. The van der Waals surface area contributed by atoms with Gasteiger partial charge in [0.15, 0.2) is 11.6 Å². The van der Waals surface area contributed by atoms with Crippen molar-refractivity contribution in [1.29, 1.82) is 0 Å². The summed E-state index contributed by atoms with van der Waals surface area (Å²) < 4.78 is 31.4. The Morgan fingerprint density at radius 2 is 1.74 bits per heavy atom. The fraction of sp³-hybridized carbons (Fsp3) is 0.200. The summed E-state index contributed by atoms with van der Waals surface area (Å²) in [4.78, 5) is 0. The molecule has 0 fully saturated rings. The van der Waals surface area contributed by atoms with Crippen molar-refractivity contribution in [2.75, 3.05) is 7.11 Å². The molecular weight excluding hydrogens is 250 g/mol. The molecule has 0 heterocycles. The minimum absolute atomic E-state index is 0.260. The molecule has 0 bridgehead atoms. The Hall–Kier alpha value is -1.94. The maximum Gasteiger partial charge on any atom is 0.159 e. The second kappa shape index (κ2) is 4.97. The molecule has 0 radical (unpaired) electrons. The van der Waals surface area contributed by atoms with Gasteiger partial charge in [0.05, 0.1) is 7.11 Å². The van der Waals surface area contributed by atoms with Gasteiger partial charge in [0.1, 0.15) is 11.4 Å². The van der Waals surface area contributed by atoms with Crippen molar-refractivity contribution < 1.29 is 18.6 Å². The van der Waals surface area contributed by atoms with Gasteiger partial charge in [-0.25, -0.2) is 8.78 Å². The van der Waals surface area contributed by atoms with E-state index in [0.717, 1.165) is 12.1 Å². The van der Waals surface area contributed by atoms with Crippen molar-refractivity contribution in [1.82, 2.24) is 0 Å². The summed E-state index contributed by atoms with van der Waals surface area (Å²) in [5, 5.41) is 10.6. The van der Waals surface area contributed by atoms with Crippen molar-refractivity contribution in [3.8, 4) is 5.75 Å². The predicted molar refractivity (Wildman–Crippen MR) is 68.0 cm³/mol. The first-order valence-electron chi connectivity index (χ1n) is 5.78. The Labute approximate surface area is 110 Å². The molecule has 0 aliphatic heterocycles. The van der Waals surface area contributed by atoms with Crippen LogP contribution >= 0.6 is 0 Å².